The molecule has 0 radical (unpaired) electrons. The summed E-state index contributed by atoms with van der Waals surface area (Å²) in [5, 5.41) is 17.7. The fraction of sp³-hybridized carbons (Fsp3) is 0.0714. The molecule has 3 heterocycles. The highest BCUT2D eigenvalue weighted by atomic mass is 35.5. The van der Waals surface area contributed by atoms with E-state index in [0.29, 0.717) is 38.4 Å². The topological polar surface area (TPSA) is 86.5 Å². The number of rotatable bonds is 6. The summed E-state index contributed by atoms with van der Waals surface area (Å²) in [6.45, 7) is 1.69. The van der Waals surface area contributed by atoms with Gasteiger partial charge in [0.15, 0.2) is 0 Å². The molecule has 6 nitrogen and oxygen atoms in total. The quantitative estimate of drug-likeness (QED) is 0.266. The number of benzene rings is 2. The summed E-state index contributed by atoms with van der Waals surface area (Å²) >= 11 is 6.67. The number of anilines is 3. The van der Waals surface area contributed by atoms with Gasteiger partial charge in [-0.3, -0.25) is 15.0 Å². The van der Waals surface area contributed by atoms with Crippen LogP contribution >= 0.6 is 11.6 Å². The molecule has 0 aliphatic carbocycles. The van der Waals surface area contributed by atoms with Crippen molar-refractivity contribution in [3.8, 4) is 6.07 Å². The number of hydrogen-bond acceptors (Lipinski definition) is 6. The number of nitrogens with one attached hydrogen (secondary N) is 2. The van der Waals surface area contributed by atoms with Gasteiger partial charge < -0.3 is 10.6 Å². The molecule has 0 saturated carbocycles. The van der Waals surface area contributed by atoms with E-state index in [1.165, 1.54) is 12.3 Å². The zero-order valence-corrected chi connectivity index (χ0v) is 20.0. The maximum absolute atomic E-state index is 13.8. The number of fused-ring (bicyclic) bond motifs is 1. The molecule has 0 aliphatic heterocycles. The minimum Gasteiger partial charge on any atom is -0.373 e. The van der Waals surface area contributed by atoms with Gasteiger partial charge in [-0.1, -0.05) is 17.7 Å². The van der Waals surface area contributed by atoms with Gasteiger partial charge in [-0.25, -0.2) is 4.39 Å². The third-order valence-corrected chi connectivity index (χ3v) is 6.09. The SMILES string of the molecule is Cc1cc(Nc2c(C#N)cnc3c(Cl)cc(NC(c4ccncc4)c4ccccn4)cc23)ccc1F. The Morgan fingerprint density at radius 3 is 2.53 bits per heavy atom. The summed E-state index contributed by atoms with van der Waals surface area (Å²) in [7, 11) is 0. The van der Waals surface area contributed by atoms with Crippen LogP contribution < -0.4 is 10.6 Å². The van der Waals surface area contributed by atoms with Crippen LogP contribution in [0.4, 0.5) is 21.5 Å². The van der Waals surface area contributed by atoms with Crippen LogP contribution in [0.1, 0.15) is 28.4 Å². The second-order valence-electron chi connectivity index (χ2n) is 8.21. The Bertz CT molecular complexity index is 1550. The van der Waals surface area contributed by atoms with Gasteiger partial charge in [0.1, 0.15) is 11.9 Å². The fourth-order valence-electron chi connectivity index (χ4n) is 4.03. The van der Waals surface area contributed by atoms with Crippen LogP contribution in [-0.2, 0) is 0 Å². The van der Waals surface area contributed by atoms with Gasteiger partial charge in [0.05, 0.1) is 33.5 Å². The van der Waals surface area contributed by atoms with Crippen molar-refractivity contribution in [1.82, 2.24) is 15.0 Å². The number of halogens is 2. The van der Waals surface area contributed by atoms with E-state index in [1.54, 1.807) is 43.7 Å². The standard InChI is InChI=1S/C28H20ClFN6/c1-17-12-20(5-6-24(17)30)35-26-19(15-31)16-34-28-22(26)13-21(14-23(28)29)36-27(18-7-10-32-11-8-18)25-4-2-3-9-33-25/h2-14,16,27,36H,1H3,(H,34,35). The summed E-state index contributed by atoms with van der Waals surface area (Å²) in [4.78, 5) is 13.1. The van der Waals surface area contributed by atoms with Crippen LogP contribution in [0.2, 0.25) is 5.02 Å². The van der Waals surface area contributed by atoms with Gasteiger partial charge in [-0.2, -0.15) is 5.26 Å². The first-order valence-electron chi connectivity index (χ1n) is 11.2. The Labute approximate surface area is 212 Å². The average Bonchev–Trinajstić information content (AvgIpc) is 2.91. The maximum Gasteiger partial charge on any atom is 0.126 e. The lowest BCUT2D eigenvalue weighted by molar-refractivity contribution is 0.619. The Balaban J connectivity index is 1.62. The highest BCUT2D eigenvalue weighted by Crippen LogP contribution is 2.36. The molecule has 0 spiro atoms. The first-order chi connectivity index (χ1) is 17.5. The molecule has 5 aromatic rings. The lowest BCUT2D eigenvalue weighted by Crippen LogP contribution is -2.14. The van der Waals surface area contributed by atoms with Crippen molar-refractivity contribution < 1.29 is 4.39 Å². The van der Waals surface area contributed by atoms with Gasteiger partial charge in [0.2, 0.25) is 0 Å². The molecule has 0 saturated heterocycles. The molecular formula is C28H20ClFN6. The summed E-state index contributed by atoms with van der Waals surface area (Å²) in [6, 6.07) is 19.9. The molecule has 3 aromatic heterocycles. The summed E-state index contributed by atoms with van der Waals surface area (Å²) < 4.78 is 13.8. The predicted molar refractivity (Wildman–Crippen MR) is 140 cm³/mol. The second kappa shape index (κ2) is 9.98. The van der Waals surface area contributed by atoms with E-state index in [1.807, 2.05) is 36.4 Å². The fourth-order valence-corrected chi connectivity index (χ4v) is 4.29. The van der Waals surface area contributed by atoms with E-state index >= 15 is 0 Å². The largest absolute Gasteiger partial charge is 0.373 e. The van der Waals surface area contributed by atoms with Crippen LogP contribution in [0.5, 0.6) is 0 Å². The Morgan fingerprint density at radius 1 is 0.972 bits per heavy atom. The lowest BCUT2D eigenvalue weighted by atomic mass is 10.0. The predicted octanol–water partition coefficient (Wildman–Crippen LogP) is 6.94. The van der Waals surface area contributed by atoms with E-state index < -0.39 is 0 Å². The van der Waals surface area contributed by atoms with Crippen molar-refractivity contribution in [3.05, 3.63) is 119 Å². The molecule has 2 aromatic carbocycles. The summed E-state index contributed by atoms with van der Waals surface area (Å²) in [5.74, 6) is -0.299. The molecule has 1 unspecified atom stereocenters. The van der Waals surface area contributed by atoms with Crippen LogP contribution in [0.3, 0.4) is 0 Å². The van der Waals surface area contributed by atoms with Crippen molar-refractivity contribution in [2.24, 2.45) is 0 Å². The van der Waals surface area contributed by atoms with Gasteiger partial charge in [-0.15, -0.1) is 0 Å². The molecule has 0 amide bonds. The third kappa shape index (κ3) is 4.67. The first-order valence-corrected chi connectivity index (χ1v) is 11.5. The van der Waals surface area contributed by atoms with Crippen molar-refractivity contribution in [3.63, 3.8) is 0 Å². The summed E-state index contributed by atoms with van der Waals surface area (Å²) in [5.41, 5.74) is 5.08. The van der Waals surface area contributed by atoms with E-state index in [0.717, 1.165) is 16.9 Å². The highest BCUT2D eigenvalue weighted by Gasteiger charge is 2.18. The van der Waals surface area contributed by atoms with Gasteiger partial charge >= 0.3 is 0 Å². The van der Waals surface area contributed by atoms with Crippen LogP contribution in [0.25, 0.3) is 10.9 Å². The highest BCUT2D eigenvalue weighted by molar-refractivity contribution is 6.36. The molecule has 1 atom stereocenters. The molecule has 8 heteroatoms. The molecule has 0 bridgehead atoms. The van der Waals surface area contributed by atoms with Crippen molar-refractivity contribution >= 4 is 39.6 Å². The maximum atomic E-state index is 13.8. The smallest absolute Gasteiger partial charge is 0.126 e. The number of hydrogen-bond donors (Lipinski definition) is 2. The number of pyridine rings is 3. The Morgan fingerprint density at radius 2 is 1.81 bits per heavy atom. The molecule has 5 rings (SSSR count). The molecule has 2 N–H and O–H groups in total. The van der Waals surface area contributed by atoms with E-state index in [4.69, 9.17) is 11.6 Å². The van der Waals surface area contributed by atoms with Crippen molar-refractivity contribution in [2.75, 3.05) is 10.6 Å². The minimum atomic E-state index is -0.299. The molecular weight excluding hydrogens is 475 g/mol. The van der Waals surface area contributed by atoms with Gasteiger partial charge in [0.25, 0.3) is 0 Å². The Kier molecular flexibility index (Phi) is 6.44. The summed E-state index contributed by atoms with van der Waals surface area (Å²) in [6.07, 6.45) is 6.69. The van der Waals surface area contributed by atoms with Crippen LogP contribution in [0, 0.1) is 24.1 Å². The van der Waals surface area contributed by atoms with Gasteiger partial charge in [-0.05, 0) is 72.6 Å². The van der Waals surface area contributed by atoms with Crippen molar-refractivity contribution in [2.45, 2.75) is 13.0 Å². The average molecular weight is 495 g/mol. The monoisotopic (exact) mass is 494 g/mol. The Hall–Kier alpha value is -4.54. The third-order valence-electron chi connectivity index (χ3n) is 5.81. The first kappa shape index (κ1) is 23.2. The molecule has 0 aliphatic rings. The molecule has 36 heavy (non-hydrogen) atoms. The number of nitriles is 1. The van der Waals surface area contributed by atoms with Gasteiger partial charge in [0, 0.05) is 41.5 Å². The zero-order chi connectivity index (χ0) is 25.1. The zero-order valence-electron chi connectivity index (χ0n) is 19.2. The van der Waals surface area contributed by atoms with E-state index in [-0.39, 0.29) is 11.9 Å². The van der Waals surface area contributed by atoms with Crippen LogP contribution in [0.15, 0.2) is 85.5 Å². The van der Waals surface area contributed by atoms with E-state index in [2.05, 4.69) is 31.7 Å². The number of nitrogens with zero attached hydrogens (tertiary/aromatic N) is 4. The second-order valence-corrected chi connectivity index (χ2v) is 8.62. The minimum absolute atomic E-state index is 0.272. The lowest BCUT2D eigenvalue weighted by Gasteiger charge is -2.21. The molecule has 0 fully saturated rings. The number of aromatic nitrogens is 3. The normalized spacial score (nSPS) is 11.6. The number of aryl methyl sites for hydroxylation is 1. The van der Waals surface area contributed by atoms with E-state index in [9.17, 15) is 9.65 Å². The molecule has 176 valence electrons. The van der Waals surface area contributed by atoms with Crippen LogP contribution in [-0.4, -0.2) is 15.0 Å². The van der Waals surface area contributed by atoms with Crippen molar-refractivity contribution in [1.29, 1.82) is 5.26 Å².